The van der Waals surface area contributed by atoms with Crippen molar-refractivity contribution in [2.45, 2.75) is 12.1 Å². The van der Waals surface area contributed by atoms with Crippen molar-refractivity contribution < 1.29 is 4.79 Å². The third-order valence-electron chi connectivity index (χ3n) is 3.81. The molecule has 26 heavy (non-hydrogen) atoms. The molecule has 130 valence electrons. The number of rotatable bonds is 3. The van der Waals surface area contributed by atoms with Crippen molar-refractivity contribution in [3.8, 4) is 11.4 Å². The van der Waals surface area contributed by atoms with E-state index in [1.165, 1.54) is 6.92 Å². The van der Waals surface area contributed by atoms with E-state index in [0.29, 0.717) is 5.82 Å². The molecule has 0 radical (unpaired) electrons. The Labute approximate surface area is 162 Å². The van der Waals surface area contributed by atoms with Crippen LogP contribution in [0.5, 0.6) is 0 Å². The van der Waals surface area contributed by atoms with E-state index in [9.17, 15) is 4.79 Å². The molecule has 1 amide bonds. The van der Waals surface area contributed by atoms with Crippen LogP contribution in [-0.2, 0) is 4.79 Å². The maximum atomic E-state index is 11.1. The molecular weight excluding hydrogens is 414 g/mol. The van der Waals surface area contributed by atoms with Gasteiger partial charge in [0, 0.05) is 28.4 Å². The summed E-state index contributed by atoms with van der Waals surface area (Å²) in [5, 5.41) is 16.8. The Morgan fingerprint density at radius 1 is 1.08 bits per heavy atom. The van der Waals surface area contributed by atoms with Crippen LogP contribution in [0.4, 0.5) is 5.69 Å². The molecule has 1 N–H and O–H groups in total. The Morgan fingerprint density at radius 3 is 2.46 bits per heavy atom. The summed E-state index contributed by atoms with van der Waals surface area (Å²) in [5.74, 6) is 1.35. The van der Waals surface area contributed by atoms with Gasteiger partial charge in [-0.3, -0.25) is 4.79 Å². The lowest BCUT2D eigenvalue weighted by Crippen LogP contribution is -2.14. The van der Waals surface area contributed by atoms with E-state index in [2.05, 4.69) is 31.4 Å². The number of amides is 1. The summed E-state index contributed by atoms with van der Waals surface area (Å²) in [6.07, 6.45) is 0. The molecule has 2 aromatic carbocycles. The second kappa shape index (κ2) is 7.05. The smallest absolute Gasteiger partial charge is 0.221 e. The average molecular weight is 428 g/mol. The number of anilines is 1. The van der Waals surface area contributed by atoms with Crippen molar-refractivity contribution >= 4 is 45.0 Å². The van der Waals surface area contributed by atoms with Crippen LogP contribution in [0, 0.1) is 0 Å². The molecule has 0 fully saturated rings. The lowest BCUT2D eigenvalue weighted by atomic mass is 10.1. The number of thioether (sulfide) groups is 1. The molecule has 6 nitrogen and oxygen atoms in total. The summed E-state index contributed by atoms with van der Waals surface area (Å²) >= 11 is 5.05. The first-order chi connectivity index (χ1) is 12.6. The minimum atomic E-state index is -0.0865. The second-order valence-electron chi connectivity index (χ2n) is 5.72. The number of fused-ring (bicyclic) bond motifs is 1. The Balaban J connectivity index is 1.67. The summed E-state index contributed by atoms with van der Waals surface area (Å²) < 4.78 is 2.80. The van der Waals surface area contributed by atoms with Crippen LogP contribution in [0.25, 0.3) is 11.4 Å². The SMILES string of the molecule is CC(=O)Nc1ccc(C2=Nn3c(nnc3-c3ccc(Br)cc3)SC2)cc1. The fraction of sp³-hybridized carbons (Fsp3) is 0.111. The summed E-state index contributed by atoms with van der Waals surface area (Å²) in [5.41, 5.74) is 3.67. The molecule has 8 heteroatoms. The first-order valence-corrected chi connectivity index (χ1v) is 9.68. The third kappa shape index (κ3) is 3.42. The Morgan fingerprint density at radius 2 is 1.77 bits per heavy atom. The molecule has 0 saturated carbocycles. The van der Waals surface area contributed by atoms with Crippen molar-refractivity contribution in [1.82, 2.24) is 14.9 Å². The molecular formula is C18H14BrN5OS. The van der Waals surface area contributed by atoms with Gasteiger partial charge < -0.3 is 5.32 Å². The quantitative estimate of drug-likeness (QED) is 0.684. The van der Waals surface area contributed by atoms with Crippen molar-refractivity contribution in [3.05, 3.63) is 58.6 Å². The van der Waals surface area contributed by atoms with E-state index in [1.54, 1.807) is 16.4 Å². The zero-order valence-corrected chi connectivity index (χ0v) is 16.2. The fourth-order valence-electron chi connectivity index (χ4n) is 2.60. The number of hydrogen-bond donors (Lipinski definition) is 1. The summed E-state index contributed by atoms with van der Waals surface area (Å²) in [4.78, 5) is 11.1. The molecule has 1 aliphatic heterocycles. The Hall–Kier alpha value is -2.45. The van der Waals surface area contributed by atoms with E-state index in [0.717, 1.165) is 37.9 Å². The number of carbonyl (C=O) groups excluding carboxylic acids is 1. The van der Waals surface area contributed by atoms with Gasteiger partial charge in [0.25, 0.3) is 0 Å². The van der Waals surface area contributed by atoms with Gasteiger partial charge in [-0.25, -0.2) is 0 Å². The van der Waals surface area contributed by atoms with E-state index in [-0.39, 0.29) is 5.91 Å². The lowest BCUT2D eigenvalue weighted by Gasteiger charge is -2.14. The first-order valence-electron chi connectivity index (χ1n) is 7.90. The van der Waals surface area contributed by atoms with Gasteiger partial charge in [0.2, 0.25) is 11.1 Å². The normalized spacial score (nSPS) is 13.1. The summed E-state index contributed by atoms with van der Waals surface area (Å²) in [6.45, 7) is 1.49. The highest BCUT2D eigenvalue weighted by Gasteiger charge is 2.20. The van der Waals surface area contributed by atoms with Gasteiger partial charge in [0.1, 0.15) is 0 Å². The molecule has 2 heterocycles. The van der Waals surface area contributed by atoms with Gasteiger partial charge >= 0.3 is 0 Å². The van der Waals surface area contributed by atoms with E-state index < -0.39 is 0 Å². The van der Waals surface area contributed by atoms with Crippen molar-refractivity contribution in [1.29, 1.82) is 0 Å². The van der Waals surface area contributed by atoms with Gasteiger partial charge in [0.15, 0.2) is 5.82 Å². The monoisotopic (exact) mass is 427 g/mol. The highest BCUT2D eigenvalue weighted by molar-refractivity contribution is 9.10. The number of nitrogens with one attached hydrogen (secondary N) is 1. The van der Waals surface area contributed by atoms with Crippen LogP contribution in [0.15, 0.2) is 63.3 Å². The minimum absolute atomic E-state index is 0.0865. The van der Waals surface area contributed by atoms with Crippen molar-refractivity contribution in [3.63, 3.8) is 0 Å². The zero-order chi connectivity index (χ0) is 18.1. The molecule has 0 bridgehead atoms. The minimum Gasteiger partial charge on any atom is -0.326 e. The molecule has 0 aliphatic carbocycles. The fourth-order valence-corrected chi connectivity index (χ4v) is 3.70. The summed E-state index contributed by atoms with van der Waals surface area (Å²) in [7, 11) is 0. The first kappa shape index (κ1) is 17.0. The standard InChI is InChI=1S/C18H14BrN5OS/c1-11(25)20-15-8-4-12(5-9-15)16-10-26-18-22-21-17(24(18)23-16)13-2-6-14(19)7-3-13/h2-9H,10H2,1H3,(H,20,25). The molecule has 0 atom stereocenters. The Bertz CT molecular complexity index is 995. The van der Waals surface area contributed by atoms with Gasteiger partial charge in [-0.15, -0.1) is 10.2 Å². The van der Waals surface area contributed by atoms with Gasteiger partial charge in [-0.1, -0.05) is 52.0 Å². The van der Waals surface area contributed by atoms with Crippen LogP contribution in [0.3, 0.4) is 0 Å². The van der Waals surface area contributed by atoms with E-state index in [4.69, 9.17) is 5.10 Å². The Kier molecular flexibility index (Phi) is 4.60. The van der Waals surface area contributed by atoms with Crippen LogP contribution >= 0.6 is 27.7 Å². The molecule has 1 aliphatic rings. The summed E-state index contributed by atoms with van der Waals surface area (Å²) in [6, 6.07) is 15.6. The largest absolute Gasteiger partial charge is 0.326 e. The average Bonchev–Trinajstić information content (AvgIpc) is 3.06. The highest BCUT2D eigenvalue weighted by atomic mass is 79.9. The molecule has 0 unspecified atom stereocenters. The second-order valence-corrected chi connectivity index (χ2v) is 7.58. The lowest BCUT2D eigenvalue weighted by molar-refractivity contribution is -0.114. The maximum Gasteiger partial charge on any atom is 0.221 e. The van der Waals surface area contributed by atoms with Crippen LogP contribution in [-0.4, -0.2) is 32.2 Å². The van der Waals surface area contributed by atoms with E-state index >= 15 is 0 Å². The number of halogens is 1. The molecule has 0 saturated heterocycles. The predicted octanol–water partition coefficient (Wildman–Crippen LogP) is 4.02. The maximum absolute atomic E-state index is 11.1. The number of carbonyl (C=O) groups is 1. The van der Waals surface area contributed by atoms with Crippen molar-refractivity contribution in [2.75, 3.05) is 11.1 Å². The molecule has 1 aromatic heterocycles. The van der Waals surface area contributed by atoms with Crippen LogP contribution in [0.1, 0.15) is 12.5 Å². The van der Waals surface area contributed by atoms with Gasteiger partial charge in [-0.05, 0) is 29.8 Å². The van der Waals surface area contributed by atoms with E-state index in [1.807, 2.05) is 48.5 Å². The van der Waals surface area contributed by atoms with Crippen molar-refractivity contribution in [2.24, 2.45) is 5.10 Å². The topological polar surface area (TPSA) is 72.2 Å². The molecule has 3 aromatic rings. The molecule has 4 rings (SSSR count). The number of benzene rings is 2. The van der Waals surface area contributed by atoms with Gasteiger partial charge in [-0.2, -0.15) is 9.78 Å². The van der Waals surface area contributed by atoms with Crippen LogP contribution < -0.4 is 5.32 Å². The number of aromatic nitrogens is 3. The van der Waals surface area contributed by atoms with Crippen LogP contribution in [0.2, 0.25) is 0 Å². The highest BCUT2D eigenvalue weighted by Crippen LogP contribution is 2.29. The number of hydrogen-bond acceptors (Lipinski definition) is 5. The zero-order valence-electron chi connectivity index (χ0n) is 13.8. The number of nitrogens with zero attached hydrogens (tertiary/aromatic N) is 4. The predicted molar refractivity (Wildman–Crippen MR) is 107 cm³/mol. The third-order valence-corrected chi connectivity index (χ3v) is 5.27. The van der Waals surface area contributed by atoms with Gasteiger partial charge in [0.05, 0.1) is 5.71 Å². The molecule has 0 spiro atoms.